The van der Waals surface area contributed by atoms with E-state index >= 15 is 0 Å². The molecule has 1 aromatic heterocycles. The molecule has 3 nitrogen and oxygen atoms in total. The number of halogens is 1. The molecule has 2 aromatic rings. The highest BCUT2D eigenvalue weighted by molar-refractivity contribution is 9.10. The van der Waals surface area contributed by atoms with E-state index < -0.39 is 0 Å². The van der Waals surface area contributed by atoms with Gasteiger partial charge in [0.05, 0.1) is 17.3 Å². The molecule has 0 aliphatic carbocycles. The van der Waals surface area contributed by atoms with E-state index in [1.54, 1.807) is 7.11 Å². The second-order valence-corrected chi connectivity index (χ2v) is 4.39. The number of benzene rings is 1. The van der Waals surface area contributed by atoms with Gasteiger partial charge < -0.3 is 10.5 Å². The van der Waals surface area contributed by atoms with Gasteiger partial charge in [0.2, 0.25) is 0 Å². The summed E-state index contributed by atoms with van der Waals surface area (Å²) in [5.41, 5.74) is 6.47. The van der Waals surface area contributed by atoms with Gasteiger partial charge in [-0.15, -0.1) is 0 Å². The van der Waals surface area contributed by atoms with E-state index in [-0.39, 0.29) is 0 Å². The summed E-state index contributed by atoms with van der Waals surface area (Å²) in [5, 5.41) is 0.573. The number of ether oxygens (including phenoxy) is 1. The summed E-state index contributed by atoms with van der Waals surface area (Å²) < 4.78 is 7.13. The zero-order valence-corrected chi connectivity index (χ0v) is 9.28. The second-order valence-electron chi connectivity index (χ2n) is 2.51. The molecule has 5 heteroatoms. The molecule has 0 aliphatic heterocycles. The van der Waals surface area contributed by atoms with Crippen LogP contribution in [0.2, 0.25) is 0 Å². The van der Waals surface area contributed by atoms with E-state index in [1.165, 1.54) is 11.3 Å². The Hall–Kier alpha value is -0.810. The third-order valence-electron chi connectivity index (χ3n) is 1.67. The Kier molecular flexibility index (Phi) is 2.13. The van der Waals surface area contributed by atoms with E-state index in [0.717, 1.165) is 20.4 Å². The fraction of sp³-hybridized carbons (Fsp3) is 0.125. The Morgan fingerprint density at radius 3 is 3.00 bits per heavy atom. The number of rotatable bonds is 1. The maximum atomic E-state index is 5.60. The topological polar surface area (TPSA) is 48.1 Å². The molecule has 0 bridgehead atoms. The van der Waals surface area contributed by atoms with E-state index in [1.807, 2.05) is 12.1 Å². The highest BCUT2D eigenvalue weighted by Crippen LogP contribution is 2.34. The first-order valence-electron chi connectivity index (χ1n) is 3.60. The Morgan fingerprint density at radius 2 is 2.31 bits per heavy atom. The lowest BCUT2D eigenvalue weighted by molar-refractivity contribution is 0.415. The van der Waals surface area contributed by atoms with Crippen molar-refractivity contribution in [2.24, 2.45) is 0 Å². The Labute approximate surface area is 87.7 Å². The van der Waals surface area contributed by atoms with Gasteiger partial charge in [0.25, 0.3) is 0 Å². The molecule has 0 atom stereocenters. The quantitative estimate of drug-likeness (QED) is 0.856. The van der Waals surface area contributed by atoms with Crippen LogP contribution < -0.4 is 10.5 Å². The van der Waals surface area contributed by atoms with Crippen molar-refractivity contribution in [3.63, 3.8) is 0 Å². The van der Waals surface area contributed by atoms with Crippen LogP contribution in [0, 0.1) is 0 Å². The first kappa shape index (κ1) is 8.77. The third-order valence-corrected chi connectivity index (χ3v) is 3.49. The van der Waals surface area contributed by atoms with Crippen LogP contribution in [0.1, 0.15) is 0 Å². The molecule has 2 rings (SSSR count). The molecule has 0 fully saturated rings. The first-order valence-corrected chi connectivity index (χ1v) is 5.21. The third kappa shape index (κ3) is 1.49. The zero-order chi connectivity index (χ0) is 9.42. The minimum Gasteiger partial charge on any atom is -0.497 e. The molecule has 0 spiro atoms. The highest BCUT2D eigenvalue weighted by Gasteiger charge is 2.06. The van der Waals surface area contributed by atoms with Crippen LogP contribution in [0.3, 0.4) is 0 Å². The van der Waals surface area contributed by atoms with Gasteiger partial charge in [0.1, 0.15) is 5.75 Å². The fourth-order valence-electron chi connectivity index (χ4n) is 1.10. The Morgan fingerprint density at radius 1 is 1.54 bits per heavy atom. The summed E-state index contributed by atoms with van der Waals surface area (Å²) in [6.07, 6.45) is 0. The molecular weight excluding hydrogens is 252 g/mol. The van der Waals surface area contributed by atoms with Crippen LogP contribution in [0.25, 0.3) is 10.2 Å². The summed E-state index contributed by atoms with van der Waals surface area (Å²) in [5.74, 6) is 0.782. The number of thiazole rings is 1. The molecule has 0 radical (unpaired) electrons. The molecule has 13 heavy (non-hydrogen) atoms. The number of hydrogen-bond donors (Lipinski definition) is 1. The first-order chi connectivity index (χ1) is 6.20. The number of aromatic nitrogens is 1. The maximum Gasteiger partial charge on any atom is 0.181 e. The van der Waals surface area contributed by atoms with Gasteiger partial charge in [-0.2, -0.15) is 0 Å². The number of hydrogen-bond acceptors (Lipinski definition) is 4. The van der Waals surface area contributed by atoms with E-state index in [4.69, 9.17) is 10.5 Å². The summed E-state index contributed by atoms with van der Waals surface area (Å²) in [6, 6.07) is 3.77. The lowest BCUT2D eigenvalue weighted by Crippen LogP contribution is -1.83. The van der Waals surface area contributed by atoms with Gasteiger partial charge in [0.15, 0.2) is 5.13 Å². The molecule has 0 unspecified atom stereocenters. The summed E-state index contributed by atoms with van der Waals surface area (Å²) in [4.78, 5) is 4.17. The standard InChI is InChI=1S/C8H7BrN2OS/c1-12-4-2-5(9)7-6(3-4)11-8(10)13-7/h2-3H,1H3,(H2,10,11). The van der Waals surface area contributed by atoms with Gasteiger partial charge >= 0.3 is 0 Å². The minimum atomic E-state index is 0.573. The number of nitrogens with zero attached hydrogens (tertiary/aromatic N) is 1. The lowest BCUT2D eigenvalue weighted by Gasteiger charge is -1.99. The van der Waals surface area contributed by atoms with Crippen LogP contribution >= 0.6 is 27.3 Å². The summed E-state index contributed by atoms with van der Waals surface area (Å²) >= 11 is 4.90. The van der Waals surface area contributed by atoms with Crippen LogP contribution in [-0.2, 0) is 0 Å². The summed E-state index contributed by atoms with van der Waals surface area (Å²) in [6.45, 7) is 0. The van der Waals surface area contributed by atoms with Gasteiger partial charge in [-0.3, -0.25) is 0 Å². The minimum absolute atomic E-state index is 0.573. The average molecular weight is 259 g/mol. The van der Waals surface area contributed by atoms with Crippen molar-refractivity contribution in [2.75, 3.05) is 12.8 Å². The van der Waals surface area contributed by atoms with Crippen LogP contribution in [-0.4, -0.2) is 12.1 Å². The summed E-state index contributed by atoms with van der Waals surface area (Å²) in [7, 11) is 1.63. The molecule has 68 valence electrons. The van der Waals surface area contributed by atoms with Crippen molar-refractivity contribution in [3.8, 4) is 5.75 Å². The normalized spacial score (nSPS) is 10.6. The largest absolute Gasteiger partial charge is 0.497 e. The number of fused-ring (bicyclic) bond motifs is 1. The molecule has 1 aromatic carbocycles. The molecule has 0 amide bonds. The van der Waals surface area contributed by atoms with Crippen molar-refractivity contribution >= 4 is 42.6 Å². The van der Waals surface area contributed by atoms with Crippen LogP contribution in [0.5, 0.6) is 5.75 Å². The van der Waals surface area contributed by atoms with Gasteiger partial charge in [0, 0.05) is 10.5 Å². The van der Waals surface area contributed by atoms with E-state index in [0.29, 0.717) is 5.13 Å². The van der Waals surface area contributed by atoms with E-state index in [9.17, 15) is 0 Å². The second kappa shape index (κ2) is 3.16. The maximum absolute atomic E-state index is 5.60. The Bertz CT molecular complexity index is 455. The SMILES string of the molecule is COc1cc(Br)c2sc(N)nc2c1. The van der Waals surface area contributed by atoms with Crippen molar-refractivity contribution in [1.29, 1.82) is 0 Å². The average Bonchev–Trinajstić information content (AvgIpc) is 2.46. The smallest absolute Gasteiger partial charge is 0.181 e. The molecule has 0 aliphatic rings. The molecule has 1 heterocycles. The predicted octanol–water partition coefficient (Wildman–Crippen LogP) is 2.65. The monoisotopic (exact) mass is 258 g/mol. The van der Waals surface area contributed by atoms with Crippen molar-refractivity contribution in [3.05, 3.63) is 16.6 Å². The van der Waals surface area contributed by atoms with E-state index in [2.05, 4.69) is 20.9 Å². The molecule has 0 saturated carbocycles. The number of nitrogen functional groups attached to an aromatic ring is 1. The lowest BCUT2D eigenvalue weighted by atomic mass is 10.3. The fourth-order valence-corrected chi connectivity index (χ4v) is 2.49. The molecule has 0 saturated heterocycles. The van der Waals surface area contributed by atoms with Crippen LogP contribution in [0.4, 0.5) is 5.13 Å². The van der Waals surface area contributed by atoms with Crippen molar-refractivity contribution < 1.29 is 4.74 Å². The van der Waals surface area contributed by atoms with Crippen LogP contribution in [0.15, 0.2) is 16.6 Å². The molecular formula is C8H7BrN2OS. The van der Waals surface area contributed by atoms with Crippen molar-refractivity contribution in [2.45, 2.75) is 0 Å². The van der Waals surface area contributed by atoms with Gasteiger partial charge in [-0.1, -0.05) is 11.3 Å². The number of methoxy groups -OCH3 is 1. The number of nitrogens with two attached hydrogens (primary N) is 1. The highest BCUT2D eigenvalue weighted by atomic mass is 79.9. The van der Waals surface area contributed by atoms with Gasteiger partial charge in [-0.05, 0) is 22.0 Å². The zero-order valence-electron chi connectivity index (χ0n) is 6.87. The molecule has 2 N–H and O–H groups in total. The van der Waals surface area contributed by atoms with Crippen molar-refractivity contribution in [1.82, 2.24) is 4.98 Å². The number of anilines is 1. The predicted molar refractivity (Wildman–Crippen MR) is 58.3 cm³/mol. The Balaban J connectivity index is 2.75. The van der Waals surface area contributed by atoms with Gasteiger partial charge in [-0.25, -0.2) is 4.98 Å².